The van der Waals surface area contributed by atoms with E-state index in [0.717, 1.165) is 17.3 Å². The number of aromatic amines is 1. The molecule has 0 saturated carbocycles. The van der Waals surface area contributed by atoms with Crippen LogP contribution in [0.25, 0.3) is 10.9 Å². The molecule has 1 aromatic heterocycles. The van der Waals surface area contributed by atoms with Crippen molar-refractivity contribution in [3.05, 3.63) is 30.0 Å². The molecule has 0 spiro atoms. The summed E-state index contributed by atoms with van der Waals surface area (Å²) in [5.41, 5.74) is 2.16. The van der Waals surface area contributed by atoms with Crippen molar-refractivity contribution in [2.75, 3.05) is 0 Å². The van der Waals surface area contributed by atoms with E-state index in [4.69, 9.17) is 0 Å². The lowest BCUT2D eigenvalue weighted by molar-refractivity contribution is 0.480. The molecule has 0 unspecified atom stereocenters. The average molecular weight is 189 g/mol. The number of aromatic hydroxyl groups is 1. The minimum absolute atomic E-state index is 0.338. The molecule has 0 atom stereocenters. The normalized spacial score (nSPS) is 10.9. The predicted octanol–water partition coefficient (Wildman–Crippen LogP) is 3.22. The Kier molecular flexibility index (Phi) is 2.44. The molecule has 0 aliphatic rings. The highest BCUT2D eigenvalue weighted by Gasteiger charge is 2.05. The van der Waals surface area contributed by atoms with Gasteiger partial charge in [-0.25, -0.2) is 0 Å². The van der Waals surface area contributed by atoms with Gasteiger partial charge in [0.2, 0.25) is 0 Å². The van der Waals surface area contributed by atoms with Gasteiger partial charge in [0.15, 0.2) is 0 Å². The van der Waals surface area contributed by atoms with Gasteiger partial charge >= 0.3 is 0 Å². The molecular weight excluding hydrogens is 174 g/mol. The highest BCUT2D eigenvalue weighted by Crippen LogP contribution is 2.26. The van der Waals surface area contributed by atoms with Gasteiger partial charge in [-0.3, -0.25) is 0 Å². The van der Waals surface area contributed by atoms with Crippen LogP contribution in [0.2, 0.25) is 0 Å². The molecule has 14 heavy (non-hydrogen) atoms. The van der Waals surface area contributed by atoms with Gasteiger partial charge in [0.25, 0.3) is 0 Å². The number of fused-ring (bicyclic) bond motifs is 1. The average Bonchev–Trinajstić information content (AvgIpc) is 2.60. The van der Waals surface area contributed by atoms with E-state index in [-0.39, 0.29) is 0 Å². The lowest BCUT2D eigenvalue weighted by atomic mass is 10.1. The van der Waals surface area contributed by atoms with Gasteiger partial charge in [-0.05, 0) is 24.5 Å². The van der Waals surface area contributed by atoms with Crippen molar-refractivity contribution in [1.29, 1.82) is 0 Å². The van der Waals surface area contributed by atoms with Crippen LogP contribution >= 0.6 is 0 Å². The molecule has 0 radical (unpaired) electrons. The summed E-state index contributed by atoms with van der Waals surface area (Å²) < 4.78 is 0. The summed E-state index contributed by atoms with van der Waals surface area (Å²) in [6.45, 7) is 2.19. The third-order valence-corrected chi connectivity index (χ3v) is 2.58. The molecule has 2 N–H and O–H groups in total. The Morgan fingerprint density at radius 1 is 1.36 bits per heavy atom. The minimum Gasteiger partial charge on any atom is -0.506 e. The zero-order valence-electron chi connectivity index (χ0n) is 8.38. The van der Waals surface area contributed by atoms with Gasteiger partial charge in [0.1, 0.15) is 5.75 Å². The van der Waals surface area contributed by atoms with E-state index < -0.39 is 0 Å². The lowest BCUT2D eigenvalue weighted by Crippen LogP contribution is -1.81. The van der Waals surface area contributed by atoms with Crippen molar-refractivity contribution in [3.63, 3.8) is 0 Å². The second-order valence-corrected chi connectivity index (χ2v) is 3.62. The van der Waals surface area contributed by atoms with Crippen LogP contribution in [0.5, 0.6) is 5.75 Å². The molecule has 0 bridgehead atoms. The Bertz CT molecular complexity index is 431. The van der Waals surface area contributed by atoms with Crippen LogP contribution in [0.4, 0.5) is 0 Å². The summed E-state index contributed by atoms with van der Waals surface area (Å²) in [5, 5.41) is 10.7. The first-order valence-electron chi connectivity index (χ1n) is 5.11. The zero-order valence-corrected chi connectivity index (χ0v) is 8.38. The van der Waals surface area contributed by atoms with Crippen LogP contribution in [-0.4, -0.2) is 10.1 Å². The Hall–Kier alpha value is -1.44. The van der Waals surface area contributed by atoms with Gasteiger partial charge in [-0.15, -0.1) is 0 Å². The fraction of sp³-hybridized carbons (Fsp3) is 0.333. The van der Waals surface area contributed by atoms with Crippen molar-refractivity contribution in [2.45, 2.75) is 26.2 Å². The molecule has 1 aromatic carbocycles. The van der Waals surface area contributed by atoms with E-state index in [9.17, 15) is 5.11 Å². The lowest BCUT2D eigenvalue weighted by Gasteiger charge is -1.97. The Balaban J connectivity index is 2.42. The van der Waals surface area contributed by atoms with Crippen molar-refractivity contribution in [2.24, 2.45) is 0 Å². The molecule has 2 rings (SSSR count). The smallest absolute Gasteiger partial charge is 0.139 e. The van der Waals surface area contributed by atoms with Crippen LogP contribution < -0.4 is 0 Å². The summed E-state index contributed by atoms with van der Waals surface area (Å²) in [6, 6.07) is 5.65. The van der Waals surface area contributed by atoms with Crippen molar-refractivity contribution in [3.8, 4) is 5.75 Å². The standard InChI is InChI=1S/C12H15NO/c1-2-3-5-9-8-13-12-10(9)6-4-7-11(12)14/h4,6-8,13-14H,2-3,5H2,1H3. The van der Waals surface area contributed by atoms with Gasteiger partial charge in [-0.2, -0.15) is 0 Å². The third kappa shape index (κ3) is 1.48. The van der Waals surface area contributed by atoms with Crippen LogP contribution in [0.15, 0.2) is 24.4 Å². The number of hydrogen-bond acceptors (Lipinski definition) is 1. The number of para-hydroxylation sites is 1. The van der Waals surface area contributed by atoms with Crippen LogP contribution in [0, 0.1) is 0 Å². The molecule has 2 nitrogen and oxygen atoms in total. The molecule has 1 heterocycles. The van der Waals surface area contributed by atoms with Crippen LogP contribution in [0.1, 0.15) is 25.3 Å². The topological polar surface area (TPSA) is 36.0 Å². The molecule has 74 valence electrons. The monoisotopic (exact) mass is 189 g/mol. The number of hydrogen-bond donors (Lipinski definition) is 2. The summed E-state index contributed by atoms with van der Waals surface area (Å²) >= 11 is 0. The fourth-order valence-corrected chi connectivity index (χ4v) is 1.77. The van der Waals surface area contributed by atoms with Crippen molar-refractivity contribution >= 4 is 10.9 Å². The number of phenols is 1. The molecule has 0 aliphatic carbocycles. The maximum absolute atomic E-state index is 9.58. The number of aryl methyl sites for hydroxylation is 1. The molecule has 0 amide bonds. The van der Waals surface area contributed by atoms with Crippen molar-refractivity contribution in [1.82, 2.24) is 4.98 Å². The third-order valence-electron chi connectivity index (χ3n) is 2.58. The Morgan fingerprint density at radius 3 is 3.00 bits per heavy atom. The van der Waals surface area contributed by atoms with Crippen LogP contribution in [0.3, 0.4) is 0 Å². The summed E-state index contributed by atoms with van der Waals surface area (Å²) in [7, 11) is 0. The first kappa shape index (κ1) is 9.13. The predicted molar refractivity (Wildman–Crippen MR) is 58.6 cm³/mol. The first-order chi connectivity index (χ1) is 6.83. The van der Waals surface area contributed by atoms with E-state index in [0.29, 0.717) is 5.75 Å². The fourth-order valence-electron chi connectivity index (χ4n) is 1.77. The van der Waals surface area contributed by atoms with Gasteiger partial charge in [0, 0.05) is 11.6 Å². The van der Waals surface area contributed by atoms with E-state index >= 15 is 0 Å². The highest BCUT2D eigenvalue weighted by molar-refractivity contribution is 5.87. The SMILES string of the molecule is CCCCc1c[nH]c2c(O)cccc12. The largest absolute Gasteiger partial charge is 0.506 e. The number of H-pyrrole nitrogens is 1. The van der Waals surface area contributed by atoms with Gasteiger partial charge < -0.3 is 10.1 Å². The maximum atomic E-state index is 9.58. The summed E-state index contributed by atoms with van der Waals surface area (Å²) in [4.78, 5) is 3.12. The summed E-state index contributed by atoms with van der Waals surface area (Å²) in [5.74, 6) is 0.338. The van der Waals surface area contributed by atoms with E-state index in [1.54, 1.807) is 6.07 Å². The molecule has 0 aliphatic heterocycles. The Morgan fingerprint density at radius 2 is 2.21 bits per heavy atom. The van der Waals surface area contributed by atoms with Gasteiger partial charge in [0.05, 0.1) is 5.52 Å². The second-order valence-electron chi connectivity index (χ2n) is 3.62. The van der Waals surface area contributed by atoms with E-state index in [2.05, 4.69) is 18.0 Å². The molecule has 0 saturated heterocycles. The molecule has 0 fully saturated rings. The number of aromatic nitrogens is 1. The number of phenolic OH excluding ortho intramolecular Hbond substituents is 1. The number of rotatable bonds is 3. The minimum atomic E-state index is 0.338. The highest BCUT2D eigenvalue weighted by atomic mass is 16.3. The number of nitrogens with one attached hydrogen (secondary N) is 1. The quantitative estimate of drug-likeness (QED) is 0.764. The summed E-state index contributed by atoms with van der Waals surface area (Å²) in [6.07, 6.45) is 5.48. The van der Waals surface area contributed by atoms with Crippen LogP contribution in [-0.2, 0) is 6.42 Å². The first-order valence-corrected chi connectivity index (χ1v) is 5.11. The maximum Gasteiger partial charge on any atom is 0.139 e. The number of unbranched alkanes of at least 4 members (excludes halogenated alkanes) is 1. The molecular formula is C12H15NO. The zero-order chi connectivity index (χ0) is 9.97. The number of benzene rings is 1. The van der Waals surface area contributed by atoms with E-state index in [1.165, 1.54) is 18.4 Å². The Labute approximate surface area is 83.6 Å². The molecule has 2 aromatic rings. The second kappa shape index (κ2) is 3.74. The van der Waals surface area contributed by atoms with Crippen molar-refractivity contribution < 1.29 is 5.11 Å². The van der Waals surface area contributed by atoms with Gasteiger partial charge in [-0.1, -0.05) is 25.5 Å². The molecule has 2 heteroatoms. The van der Waals surface area contributed by atoms with E-state index in [1.807, 2.05) is 12.3 Å².